The number of carbonyl (C=O) groups excluding carboxylic acids is 3. The minimum Gasteiger partial charge on any atom is -0.314 e. The molecule has 2 aliphatic heterocycles. The SMILES string of the molecule is CC(=O)CCC(CC(=O)[C@H]1CCC[N+]12CC1C=CC=CC1C2)C(=O)NN. The fourth-order valence-corrected chi connectivity index (χ4v) is 5.14. The summed E-state index contributed by atoms with van der Waals surface area (Å²) < 4.78 is 0.868. The van der Waals surface area contributed by atoms with Gasteiger partial charge >= 0.3 is 0 Å². The minimum atomic E-state index is -0.512. The van der Waals surface area contributed by atoms with Crippen LogP contribution < -0.4 is 11.3 Å². The van der Waals surface area contributed by atoms with Gasteiger partial charge in [0.05, 0.1) is 19.6 Å². The Bertz CT molecular complexity index is 620. The molecule has 1 spiro atoms. The van der Waals surface area contributed by atoms with E-state index < -0.39 is 5.92 Å². The molecule has 142 valence electrons. The molecular formula is C20H30N3O3+. The van der Waals surface area contributed by atoms with Crippen molar-refractivity contribution in [2.75, 3.05) is 19.6 Å². The number of nitrogens with zero attached hydrogens (tertiary/aromatic N) is 1. The number of quaternary nitrogens is 1. The summed E-state index contributed by atoms with van der Waals surface area (Å²) >= 11 is 0. The number of fused-ring (bicyclic) bond motifs is 1. The van der Waals surface area contributed by atoms with Crippen LogP contribution in [0.15, 0.2) is 24.3 Å². The zero-order valence-electron chi connectivity index (χ0n) is 15.5. The molecule has 0 radical (unpaired) electrons. The standard InChI is InChI=1S/C20H29N3O3/c1-14(24)8-9-15(20(26)22-21)11-19(25)18-7-4-10-23(18)12-16-5-2-3-6-17(16)13-23/h2-3,5-6,15-18H,4,7-13,21H2,1H3/p+1/t15?,16?,17?,18-,23?/m1/s1. The maximum Gasteiger partial charge on any atom is 0.237 e. The smallest absolute Gasteiger partial charge is 0.237 e. The van der Waals surface area contributed by atoms with E-state index in [0.717, 1.165) is 37.0 Å². The highest BCUT2D eigenvalue weighted by molar-refractivity contribution is 5.89. The van der Waals surface area contributed by atoms with E-state index in [1.54, 1.807) is 0 Å². The number of Topliss-reactive ketones (excluding diaryl/α,β-unsaturated/α-hetero) is 2. The molecule has 0 aromatic rings. The second-order valence-electron chi connectivity index (χ2n) is 8.18. The third kappa shape index (κ3) is 3.81. The molecule has 1 amide bonds. The van der Waals surface area contributed by atoms with Crippen LogP contribution in [0.25, 0.3) is 0 Å². The highest BCUT2D eigenvalue weighted by Crippen LogP contribution is 2.41. The Morgan fingerprint density at radius 1 is 1.19 bits per heavy atom. The van der Waals surface area contributed by atoms with Gasteiger partial charge in [-0.2, -0.15) is 0 Å². The lowest BCUT2D eigenvalue weighted by atomic mass is 9.91. The molecule has 3 N–H and O–H groups in total. The first-order valence-corrected chi connectivity index (χ1v) is 9.68. The number of allylic oxidation sites excluding steroid dienone is 2. The number of amides is 1. The lowest BCUT2D eigenvalue weighted by molar-refractivity contribution is -0.921. The first kappa shape index (κ1) is 19.0. The Morgan fingerprint density at radius 3 is 2.42 bits per heavy atom. The summed E-state index contributed by atoms with van der Waals surface area (Å²) in [5, 5.41) is 0. The first-order chi connectivity index (χ1) is 12.4. The fourth-order valence-electron chi connectivity index (χ4n) is 5.14. The van der Waals surface area contributed by atoms with Crippen molar-refractivity contribution in [3.05, 3.63) is 24.3 Å². The van der Waals surface area contributed by atoms with Crippen LogP contribution in [0.5, 0.6) is 0 Å². The Morgan fingerprint density at radius 2 is 1.85 bits per heavy atom. The minimum absolute atomic E-state index is 0.0206. The van der Waals surface area contributed by atoms with Gasteiger partial charge in [-0.1, -0.05) is 24.3 Å². The zero-order valence-corrected chi connectivity index (χ0v) is 15.5. The van der Waals surface area contributed by atoms with Crippen LogP contribution >= 0.6 is 0 Å². The largest absolute Gasteiger partial charge is 0.314 e. The highest BCUT2D eigenvalue weighted by atomic mass is 16.2. The number of nitrogens with one attached hydrogen (secondary N) is 1. The van der Waals surface area contributed by atoms with Crippen molar-refractivity contribution in [1.29, 1.82) is 0 Å². The van der Waals surface area contributed by atoms with Crippen molar-refractivity contribution in [3.8, 4) is 0 Å². The molecule has 1 aliphatic carbocycles. The van der Waals surface area contributed by atoms with Gasteiger partial charge in [0, 0.05) is 43.4 Å². The summed E-state index contributed by atoms with van der Waals surface area (Å²) in [5.74, 6) is 5.66. The number of hydrogen-bond acceptors (Lipinski definition) is 4. The van der Waals surface area contributed by atoms with Crippen LogP contribution in [0.2, 0.25) is 0 Å². The predicted molar refractivity (Wildman–Crippen MR) is 98.5 cm³/mol. The Labute approximate surface area is 155 Å². The van der Waals surface area contributed by atoms with Crippen LogP contribution in [0.3, 0.4) is 0 Å². The lowest BCUT2D eigenvalue weighted by Crippen LogP contribution is -2.54. The molecule has 6 heteroatoms. The molecule has 3 unspecified atom stereocenters. The summed E-state index contributed by atoms with van der Waals surface area (Å²) in [6, 6.07) is -0.0206. The molecule has 3 rings (SSSR count). The van der Waals surface area contributed by atoms with Crippen molar-refractivity contribution < 1.29 is 18.9 Å². The van der Waals surface area contributed by atoms with Crippen LogP contribution in [0, 0.1) is 17.8 Å². The number of hydrogen-bond donors (Lipinski definition) is 2. The third-order valence-electron chi connectivity index (χ3n) is 6.45. The number of hydrazine groups is 1. The summed E-state index contributed by atoms with van der Waals surface area (Å²) in [4.78, 5) is 36.5. The van der Waals surface area contributed by atoms with Gasteiger partial charge in [-0.3, -0.25) is 15.0 Å². The summed E-state index contributed by atoms with van der Waals surface area (Å²) in [5.41, 5.74) is 2.16. The maximum absolute atomic E-state index is 13.1. The topological polar surface area (TPSA) is 89.3 Å². The molecule has 0 saturated carbocycles. The molecule has 26 heavy (non-hydrogen) atoms. The Hall–Kier alpha value is -1.79. The van der Waals surface area contributed by atoms with Gasteiger partial charge in [0.1, 0.15) is 11.8 Å². The van der Waals surface area contributed by atoms with Gasteiger partial charge < -0.3 is 9.28 Å². The monoisotopic (exact) mass is 360 g/mol. The van der Waals surface area contributed by atoms with E-state index in [1.807, 2.05) is 0 Å². The van der Waals surface area contributed by atoms with Crippen molar-refractivity contribution in [2.24, 2.45) is 23.6 Å². The molecule has 0 aromatic heterocycles. The molecule has 2 fully saturated rings. The van der Waals surface area contributed by atoms with E-state index in [0.29, 0.717) is 24.7 Å². The second kappa shape index (κ2) is 7.84. The van der Waals surface area contributed by atoms with Gasteiger partial charge in [-0.25, -0.2) is 5.84 Å². The molecule has 2 saturated heterocycles. The van der Waals surface area contributed by atoms with Gasteiger partial charge in [0.2, 0.25) is 5.91 Å². The molecule has 2 heterocycles. The van der Waals surface area contributed by atoms with Crippen LogP contribution in [-0.4, -0.2) is 47.6 Å². The van der Waals surface area contributed by atoms with Gasteiger partial charge in [-0.15, -0.1) is 0 Å². The summed E-state index contributed by atoms with van der Waals surface area (Å²) in [6.07, 6.45) is 11.6. The van der Waals surface area contributed by atoms with E-state index in [9.17, 15) is 14.4 Å². The molecule has 4 atom stereocenters. The second-order valence-corrected chi connectivity index (χ2v) is 8.18. The molecular weight excluding hydrogens is 330 g/mol. The number of carbonyl (C=O) groups is 3. The summed E-state index contributed by atoms with van der Waals surface area (Å²) in [6.45, 7) is 4.59. The van der Waals surface area contributed by atoms with E-state index in [1.165, 1.54) is 6.92 Å². The van der Waals surface area contributed by atoms with E-state index >= 15 is 0 Å². The molecule has 0 bridgehead atoms. The Balaban J connectivity index is 1.69. The van der Waals surface area contributed by atoms with E-state index in [2.05, 4.69) is 29.7 Å². The van der Waals surface area contributed by atoms with Crippen LogP contribution in [0.1, 0.15) is 39.0 Å². The fraction of sp³-hybridized carbons (Fsp3) is 0.650. The van der Waals surface area contributed by atoms with Crippen LogP contribution in [0.4, 0.5) is 0 Å². The van der Waals surface area contributed by atoms with Crippen molar-refractivity contribution >= 4 is 17.5 Å². The predicted octanol–water partition coefficient (Wildman–Crippen LogP) is 1.27. The summed E-state index contributed by atoms with van der Waals surface area (Å²) in [7, 11) is 0. The van der Waals surface area contributed by atoms with Gasteiger partial charge in [0.25, 0.3) is 0 Å². The van der Waals surface area contributed by atoms with E-state index in [-0.39, 0.29) is 29.9 Å². The average Bonchev–Trinajstić information content (AvgIpc) is 3.20. The number of rotatable bonds is 7. The maximum atomic E-state index is 13.1. The molecule has 6 nitrogen and oxygen atoms in total. The highest BCUT2D eigenvalue weighted by Gasteiger charge is 2.53. The number of ketones is 2. The normalized spacial score (nSPS) is 33.2. The molecule has 3 aliphatic rings. The van der Waals surface area contributed by atoms with Crippen molar-refractivity contribution in [3.63, 3.8) is 0 Å². The molecule has 0 aromatic carbocycles. The Kier molecular flexibility index (Phi) is 5.73. The zero-order chi connectivity index (χ0) is 18.7. The first-order valence-electron chi connectivity index (χ1n) is 9.68. The van der Waals surface area contributed by atoms with Gasteiger partial charge in [0.15, 0.2) is 5.78 Å². The third-order valence-corrected chi connectivity index (χ3v) is 6.45. The van der Waals surface area contributed by atoms with Crippen molar-refractivity contribution in [1.82, 2.24) is 5.43 Å². The van der Waals surface area contributed by atoms with E-state index in [4.69, 9.17) is 5.84 Å². The van der Waals surface area contributed by atoms with Gasteiger partial charge in [-0.05, 0) is 13.3 Å². The quantitative estimate of drug-likeness (QED) is 0.310. The average molecular weight is 360 g/mol. The lowest BCUT2D eigenvalue weighted by Gasteiger charge is -2.36. The van der Waals surface area contributed by atoms with Crippen LogP contribution in [-0.2, 0) is 14.4 Å². The number of nitrogens with two attached hydrogens (primary N) is 1. The van der Waals surface area contributed by atoms with Crippen molar-refractivity contribution in [2.45, 2.75) is 45.1 Å².